The largest absolute Gasteiger partial charge is 0.367 e. The summed E-state index contributed by atoms with van der Waals surface area (Å²) in [4.78, 5) is 14.8. The van der Waals surface area contributed by atoms with Gasteiger partial charge in [-0.3, -0.25) is 0 Å². The van der Waals surface area contributed by atoms with Crippen molar-refractivity contribution in [2.24, 2.45) is 0 Å². The first-order valence-corrected chi connectivity index (χ1v) is 8.03. The second kappa shape index (κ2) is 7.36. The van der Waals surface area contributed by atoms with E-state index in [4.69, 9.17) is 0 Å². The van der Waals surface area contributed by atoms with Crippen LogP contribution in [0.15, 0.2) is 24.8 Å². The first-order valence-electron chi connectivity index (χ1n) is 8.03. The lowest BCUT2D eigenvalue weighted by Gasteiger charge is -2.32. The van der Waals surface area contributed by atoms with Crippen molar-refractivity contribution in [3.05, 3.63) is 24.8 Å². The van der Waals surface area contributed by atoms with Crippen molar-refractivity contribution >= 4 is 11.6 Å². The number of rotatable bonds is 6. The molecule has 124 valence electrons. The summed E-state index contributed by atoms with van der Waals surface area (Å²) >= 11 is 0. The van der Waals surface area contributed by atoms with Crippen LogP contribution < -0.4 is 10.2 Å². The molecule has 0 aromatic carbocycles. The van der Waals surface area contributed by atoms with Crippen LogP contribution in [0.5, 0.6) is 0 Å². The van der Waals surface area contributed by atoms with Gasteiger partial charge in [-0.25, -0.2) is 9.97 Å². The Bertz CT molecular complexity index is 589. The van der Waals surface area contributed by atoms with Crippen LogP contribution >= 0.6 is 0 Å². The molecule has 8 heteroatoms. The van der Waals surface area contributed by atoms with Crippen molar-refractivity contribution in [2.75, 3.05) is 43.9 Å². The van der Waals surface area contributed by atoms with Crippen LogP contribution in [0.2, 0.25) is 0 Å². The number of aromatic nitrogens is 5. The van der Waals surface area contributed by atoms with Crippen LogP contribution in [0.3, 0.4) is 0 Å². The highest BCUT2D eigenvalue weighted by Crippen LogP contribution is 2.17. The fourth-order valence-electron chi connectivity index (χ4n) is 2.77. The van der Waals surface area contributed by atoms with E-state index in [0.29, 0.717) is 6.04 Å². The number of hydrogen-bond acceptors (Lipinski definition) is 7. The van der Waals surface area contributed by atoms with Gasteiger partial charge in [-0.1, -0.05) is 0 Å². The lowest BCUT2D eigenvalue weighted by Crippen LogP contribution is -2.40. The van der Waals surface area contributed by atoms with Gasteiger partial charge in [0, 0.05) is 45.8 Å². The predicted molar refractivity (Wildman–Crippen MR) is 89.5 cm³/mol. The van der Waals surface area contributed by atoms with Gasteiger partial charge in [0.2, 0.25) is 0 Å². The zero-order valence-corrected chi connectivity index (χ0v) is 13.8. The Balaban J connectivity index is 1.44. The molecule has 2 aromatic heterocycles. The fourth-order valence-corrected chi connectivity index (χ4v) is 2.77. The molecular weight excluding hydrogens is 292 g/mol. The molecule has 0 amide bonds. The van der Waals surface area contributed by atoms with Gasteiger partial charge in [0.15, 0.2) is 0 Å². The third-order valence-electron chi connectivity index (χ3n) is 4.13. The van der Waals surface area contributed by atoms with E-state index in [0.717, 1.165) is 50.7 Å². The van der Waals surface area contributed by atoms with Gasteiger partial charge < -0.3 is 15.1 Å². The Morgan fingerprint density at radius 2 is 1.87 bits per heavy atom. The monoisotopic (exact) mass is 316 g/mol. The first-order chi connectivity index (χ1) is 11.2. The standard InChI is InChI=1S/C15H24N8/c1-21(2)15-11-14(16-12-17-15)20-13-3-7-22(8-4-13)9-10-23-18-5-6-19-23/h5-6,11-13H,3-4,7-10H2,1-2H3,(H,16,17,20). The minimum absolute atomic E-state index is 0.471. The van der Waals surface area contributed by atoms with Gasteiger partial charge in [0.25, 0.3) is 0 Å². The molecule has 1 N–H and O–H groups in total. The van der Waals surface area contributed by atoms with Crippen LogP contribution in [0, 0.1) is 0 Å². The molecule has 0 unspecified atom stereocenters. The average molecular weight is 316 g/mol. The molecule has 0 spiro atoms. The van der Waals surface area contributed by atoms with E-state index < -0.39 is 0 Å². The summed E-state index contributed by atoms with van der Waals surface area (Å²) < 4.78 is 0. The summed E-state index contributed by atoms with van der Waals surface area (Å²) in [5.41, 5.74) is 0. The molecule has 1 saturated heterocycles. The molecule has 1 fully saturated rings. The molecule has 1 aliphatic heterocycles. The summed E-state index contributed by atoms with van der Waals surface area (Å²) in [5.74, 6) is 1.83. The number of piperidine rings is 1. The predicted octanol–water partition coefficient (Wildman–Crippen LogP) is 0.711. The minimum Gasteiger partial charge on any atom is -0.367 e. The van der Waals surface area contributed by atoms with Gasteiger partial charge in [0.05, 0.1) is 18.9 Å². The van der Waals surface area contributed by atoms with E-state index >= 15 is 0 Å². The molecule has 3 heterocycles. The van der Waals surface area contributed by atoms with E-state index in [9.17, 15) is 0 Å². The van der Waals surface area contributed by atoms with E-state index in [1.165, 1.54) is 0 Å². The minimum atomic E-state index is 0.471. The number of anilines is 2. The molecule has 0 saturated carbocycles. The van der Waals surface area contributed by atoms with E-state index in [1.54, 1.807) is 23.5 Å². The Kier molecular flexibility index (Phi) is 5.02. The molecule has 3 rings (SSSR count). The summed E-state index contributed by atoms with van der Waals surface area (Å²) in [6, 6.07) is 2.47. The summed E-state index contributed by atoms with van der Waals surface area (Å²) in [6.45, 7) is 4.03. The fraction of sp³-hybridized carbons (Fsp3) is 0.600. The van der Waals surface area contributed by atoms with Crippen LogP contribution in [0.25, 0.3) is 0 Å². The Labute approximate surface area is 136 Å². The molecule has 1 aliphatic rings. The maximum Gasteiger partial charge on any atom is 0.133 e. The van der Waals surface area contributed by atoms with Crippen LogP contribution in [0.4, 0.5) is 11.6 Å². The zero-order chi connectivity index (χ0) is 16.1. The van der Waals surface area contributed by atoms with E-state index in [-0.39, 0.29) is 0 Å². The molecular formula is C15H24N8. The van der Waals surface area contributed by atoms with Crippen molar-refractivity contribution in [2.45, 2.75) is 25.4 Å². The Hall–Kier alpha value is -2.22. The van der Waals surface area contributed by atoms with Gasteiger partial charge >= 0.3 is 0 Å². The quantitative estimate of drug-likeness (QED) is 0.841. The van der Waals surface area contributed by atoms with Crippen molar-refractivity contribution < 1.29 is 0 Å². The van der Waals surface area contributed by atoms with Crippen molar-refractivity contribution in [3.63, 3.8) is 0 Å². The maximum absolute atomic E-state index is 4.32. The molecule has 0 bridgehead atoms. The SMILES string of the molecule is CN(C)c1cc(NC2CCN(CCn3nccn3)CC2)ncn1. The highest BCUT2D eigenvalue weighted by Gasteiger charge is 2.19. The molecule has 0 aliphatic carbocycles. The highest BCUT2D eigenvalue weighted by atomic mass is 15.5. The second-order valence-corrected chi connectivity index (χ2v) is 6.04. The van der Waals surface area contributed by atoms with Gasteiger partial charge in [-0.15, -0.1) is 0 Å². The van der Waals surface area contributed by atoms with E-state index in [1.807, 2.05) is 25.1 Å². The molecule has 0 atom stereocenters. The number of likely N-dealkylation sites (tertiary alicyclic amines) is 1. The highest BCUT2D eigenvalue weighted by molar-refractivity contribution is 5.47. The summed E-state index contributed by atoms with van der Waals surface area (Å²) in [7, 11) is 3.97. The summed E-state index contributed by atoms with van der Waals surface area (Å²) in [6.07, 6.45) is 7.30. The molecule has 23 heavy (non-hydrogen) atoms. The van der Waals surface area contributed by atoms with E-state index in [2.05, 4.69) is 30.4 Å². The number of hydrogen-bond donors (Lipinski definition) is 1. The van der Waals surface area contributed by atoms with Crippen molar-refractivity contribution in [3.8, 4) is 0 Å². The third-order valence-corrected chi connectivity index (χ3v) is 4.13. The smallest absolute Gasteiger partial charge is 0.133 e. The molecule has 0 radical (unpaired) electrons. The van der Waals surface area contributed by atoms with Gasteiger partial charge in [-0.2, -0.15) is 15.0 Å². The summed E-state index contributed by atoms with van der Waals surface area (Å²) in [5, 5.41) is 11.8. The normalized spacial score (nSPS) is 16.4. The topological polar surface area (TPSA) is 75.0 Å². The van der Waals surface area contributed by atoms with Gasteiger partial charge in [-0.05, 0) is 12.8 Å². The molecule has 8 nitrogen and oxygen atoms in total. The lowest BCUT2D eigenvalue weighted by atomic mass is 10.1. The van der Waals surface area contributed by atoms with Crippen LogP contribution in [-0.4, -0.2) is 69.6 Å². The third kappa shape index (κ3) is 4.38. The van der Waals surface area contributed by atoms with Crippen molar-refractivity contribution in [1.82, 2.24) is 29.9 Å². The second-order valence-electron chi connectivity index (χ2n) is 6.04. The average Bonchev–Trinajstić information content (AvgIpc) is 3.08. The van der Waals surface area contributed by atoms with Crippen LogP contribution in [0.1, 0.15) is 12.8 Å². The Morgan fingerprint density at radius 1 is 1.13 bits per heavy atom. The van der Waals surface area contributed by atoms with Crippen LogP contribution in [-0.2, 0) is 6.54 Å². The lowest BCUT2D eigenvalue weighted by molar-refractivity contribution is 0.205. The number of nitrogens with zero attached hydrogens (tertiary/aromatic N) is 7. The zero-order valence-electron chi connectivity index (χ0n) is 13.8. The first kappa shape index (κ1) is 15.7. The Morgan fingerprint density at radius 3 is 2.57 bits per heavy atom. The number of nitrogens with one attached hydrogen (secondary N) is 1. The van der Waals surface area contributed by atoms with Crippen molar-refractivity contribution in [1.29, 1.82) is 0 Å². The molecule has 2 aromatic rings. The maximum atomic E-state index is 4.32. The van der Waals surface area contributed by atoms with Gasteiger partial charge in [0.1, 0.15) is 18.0 Å².